The predicted molar refractivity (Wildman–Crippen MR) is 77.7 cm³/mol. The minimum absolute atomic E-state index is 0.350. The van der Waals surface area contributed by atoms with Crippen molar-refractivity contribution in [3.63, 3.8) is 0 Å². The van der Waals surface area contributed by atoms with Crippen LogP contribution in [0.4, 0.5) is 5.69 Å². The predicted octanol–water partition coefficient (Wildman–Crippen LogP) is 2.39. The highest BCUT2D eigenvalue weighted by molar-refractivity contribution is 5.47. The Morgan fingerprint density at radius 1 is 1.21 bits per heavy atom. The topological polar surface area (TPSA) is 56.5 Å². The molecule has 4 heteroatoms. The molecule has 0 heterocycles. The van der Waals surface area contributed by atoms with E-state index in [9.17, 15) is 0 Å². The highest BCUT2D eigenvalue weighted by Gasteiger charge is 2.18. The fourth-order valence-electron chi connectivity index (χ4n) is 2.48. The first-order valence-corrected chi connectivity index (χ1v) is 7.02. The van der Waals surface area contributed by atoms with Crippen LogP contribution in [0, 0.1) is 0 Å². The third-order valence-electron chi connectivity index (χ3n) is 3.50. The third kappa shape index (κ3) is 4.73. The summed E-state index contributed by atoms with van der Waals surface area (Å²) in [4.78, 5) is 0. The van der Waals surface area contributed by atoms with Crippen LogP contribution < -0.4 is 15.8 Å². The Kier molecular flexibility index (Phi) is 5.48. The van der Waals surface area contributed by atoms with Gasteiger partial charge < -0.3 is 20.5 Å². The average molecular weight is 264 g/mol. The molecule has 106 valence electrons. The van der Waals surface area contributed by atoms with E-state index in [1.165, 1.54) is 12.8 Å². The maximum Gasteiger partial charge on any atom is 0.119 e. The van der Waals surface area contributed by atoms with Crippen LogP contribution in [0.15, 0.2) is 24.3 Å². The second-order valence-electron chi connectivity index (χ2n) is 5.13. The highest BCUT2D eigenvalue weighted by Crippen LogP contribution is 2.22. The van der Waals surface area contributed by atoms with Crippen molar-refractivity contribution in [2.45, 2.75) is 37.8 Å². The molecule has 2 atom stereocenters. The summed E-state index contributed by atoms with van der Waals surface area (Å²) in [7, 11) is 1.67. The Morgan fingerprint density at radius 2 is 2.00 bits per heavy atom. The first-order chi connectivity index (χ1) is 9.28. The summed E-state index contributed by atoms with van der Waals surface area (Å²) < 4.78 is 10.5. The van der Waals surface area contributed by atoms with E-state index in [0.29, 0.717) is 25.3 Å². The molecule has 2 unspecified atom stereocenters. The molecule has 1 aliphatic carbocycles. The van der Waals surface area contributed by atoms with Gasteiger partial charge in [-0.25, -0.2) is 0 Å². The minimum atomic E-state index is 0.350. The number of ether oxygens (including phenoxy) is 2. The third-order valence-corrected chi connectivity index (χ3v) is 3.50. The highest BCUT2D eigenvalue weighted by atomic mass is 16.5. The molecule has 3 N–H and O–H groups in total. The van der Waals surface area contributed by atoms with Gasteiger partial charge in [-0.15, -0.1) is 0 Å². The van der Waals surface area contributed by atoms with Crippen LogP contribution in [0.3, 0.4) is 0 Å². The van der Waals surface area contributed by atoms with Crippen LogP contribution in [-0.4, -0.2) is 32.4 Å². The van der Waals surface area contributed by atoms with Gasteiger partial charge in [-0.05, 0) is 49.9 Å². The van der Waals surface area contributed by atoms with Gasteiger partial charge in [0, 0.05) is 24.9 Å². The van der Waals surface area contributed by atoms with E-state index in [1.807, 2.05) is 12.1 Å². The second kappa shape index (κ2) is 7.36. The summed E-state index contributed by atoms with van der Waals surface area (Å²) in [6, 6.07) is 8.94. The fraction of sp³-hybridized carbons (Fsp3) is 0.600. The second-order valence-corrected chi connectivity index (χ2v) is 5.13. The van der Waals surface area contributed by atoms with Gasteiger partial charge in [0.1, 0.15) is 12.4 Å². The van der Waals surface area contributed by atoms with E-state index < -0.39 is 0 Å². The van der Waals surface area contributed by atoms with Gasteiger partial charge in [0.15, 0.2) is 0 Å². The lowest BCUT2D eigenvalue weighted by atomic mass is 9.91. The maximum atomic E-state index is 6.00. The Labute approximate surface area is 115 Å². The standard InChI is InChI=1S/C15H24N2O2/c1-18-9-10-19-15-7-5-13(6-8-15)17-14-4-2-3-12(16)11-14/h5-8,12,14,17H,2-4,9-11,16H2,1H3. The van der Waals surface area contributed by atoms with Crippen LogP contribution in [0.2, 0.25) is 0 Å². The van der Waals surface area contributed by atoms with Crippen molar-refractivity contribution in [3.8, 4) is 5.75 Å². The minimum Gasteiger partial charge on any atom is -0.491 e. The number of nitrogens with one attached hydrogen (secondary N) is 1. The van der Waals surface area contributed by atoms with Crippen LogP contribution in [0.25, 0.3) is 0 Å². The summed E-state index contributed by atoms with van der Waals surface area (Å²) in [6.45, 7) is 1.20. The van der Waals surface area contributed by atoms with E-state index in [1.54, 1.807) is 7.11 Å². The van der Waals surface area contributed by atoms with Crippen LogP contribution in [0.1, 0.15) is 25.7 Å². The molecule has 0 spiro atoms. The Hall–Kier alpha value is -1.26. The summed E-state index contributed by atoms with van der Waals surface area (Å²) in [5.74, 6) is 0.878. The molecule has 0 bridgehead atoms. The molecule has 1 aromatic rings. The van der Waals surface area contributed by atoms with E-state index in [0.717, 1.165) is 24.3 Å². The molecule has 2 rings (SSSR count). The molecule has 0 aromatic heterocycles. The summed E-state index contributed by atoms with van der Waals surface area (Å²) in [5, 5.41) is 3.55. The lowest BCUT2D eigenvalue weighted by molar-refractivity contribution is 0.146. The molecule has 1 fully saturated rings. The Morgan fingerprint density at radius 3 is 2.68 bits per heavy atom. The molecule has 1 aliphatic rings. The summed E-state index contributed by atoms with van der Waals surface area (Å²) in [6.07, 6.45) is 4.65. The lowest BCUT2D eigenvalue weighted by Gasteiger charge is -2.28. The van der Waals surface area contributed by atoms with Crippen LogP contribution >= 0.6 is 0 Å². The zero-order chi connectivity index (χ0) is 13.5. The molecular formula is C15H24N2O2. The Bertz CT molecular complexity index is 367. The molecular weight excluding hydrogens is 240 g/mol. The number of hydrogen-bond acceptors (Lipinski definition) is 4. The number of methoxy groups -OCH3 is 1. The van der Waals surface area contributed by atoms with Gasteiger partial charge in [-0.1, -0.05) is 0 Å². The molecule has 1 saturated carbocycles. The van der Waals surface area contributed by atoms with Gasteiger partial charge in [0.05, 0.1) is 6.61 Å². The Balaban J connectivity index is 1.81. The molecule has 0 amide bonds. The molecule has 19 heavy (non-hydrogen) atoms. The first kappa shape index (κ1) is 14.2. The lowest BCUT2D eigenvalue weighted by Crippen LogP contribution is -2.34. The maximum absolute atomic E-state index is 6.00. The number of nitrogens with two attached hydrogens (primary N) is 1. The van der Waals surface area contributed by atoms with Crippen molar-refractivity contribution >= 4 is 5.69 Å². The van der Waals surface area contributed by atoms with Crippen molar-refractivity contribution in [1.82, 2.24) is 0 Å². The quantitative estimate of drug-likeness (QED) is 0.775. The van der Waals surface area contributed by atoms with Gasteiger partial charge in [-0.3, -0.25) is 0 Å². The SMILES string of the molecule is COCCOc1ccc(NC2CCCC(N)C2)cc1. The molecule has 4 nitrogen and oxygen atoms in total. The fourth-order valence-corrected chi connectivity index (χ4v) is 2.48. The number of rotatable bonds is 6. The molecule has 0 saturated heterocycles. The molecule has 0 aliphatic heterocycles. The summed E-state index contributed by atoms with van der Waals surface area (Å²) in [5.41, 5.74) is 7.14. The number of hydrogen-bond donors (Lipinski definition) is 2. The molecule has 0 radical (unpaired) electrons. The largest absolute Gasteiger partial charge is 0.491 e. The smallest absolute Gasteiger partial charge is 0.119 e. The van der Waals surface area contributed by atoms with Crippen molar-refractivity contribution < 1.29 is 9.47 Å². The van der Waals surface area contributed by atoms with E-state index in [4.69, 9.17) is 15.2 Å². The number of benzene rings is 1. The van der Waals surface area contributed by atoms with Gasteiger partial charge >= 0.3 is 0 Å². The van der Waals surface area contributed by atoms with Crippen molar-refractivity contribution in [1.29, 1.82) is 0 Å². The van der Waals surface area contributed by atoms with E-state index >= 15 is 0 Å². The van der Waals surface area contributed by atoms with Gasteiger partial charge in [0.2, 0.25) is 0 Å². The number of anilines is 1. The normalized spacial score (nSPS) is 23.1. The van der Waals surface area contributed by atoms with Crippen molar-refractivity contribution in [3.05, 3.63) is 24.3 Å². The van der Waals surface area contributed by atoms with Crippen LogP contribution in [-0.2, 0) is 4.74 Å². The van der Waals surface area contributed by atoms with Crippen LogP contribution in [0.5, 0.6) is 5.75 Å². The van der Waals surface area contributed by atoms with Crippen molar-refractivity contribution in [2.75, 3.05) is 25.6 Å². The van der Waals surface area contributed by atoms with Gasteiger partial charge in [0.25, 0.3) is 0 Å². The van der Waals surface area contributed by atoms with E-state index in [2.05, 4.69) is 17.4 Å². The summed E-state index contributed by atoms with van der Waals surface area (Å²) >= 11 is 0. The monoisotopic (exact) mass is 264 g/mol. The van der Waals surface area contributed by atoms with E-state index in [-0.39, 0.29) is 0 Å². The first-order valence-electron chi connectivity index (χ1n) is 7.02. The average Bonchev–Trinajstić information content (AvgIpc) is 2.41. The van der Waals surface area contributed by atoms with Gasteiger partial charge in [-0.2, -0.15) is 0 Å². The zero-order valence-electron chi connectivity index (χ0n) is 11.6. The molecule has 1 aromatic carbocycles. The zero-order valence-corrected chi connectivity index (χ0v) is 11.6. The van der Waals surface area contributed by atoms with Crippen molar-refractivity contribution in [2.24, 2.45) is 5.73 Å².